The van der Waals surface area contributed by atoms with Crippen LogP contribution in [0.15, 0.2) is 18.2 Å². The number of rotatable bonds is 3. The number of hydrogen-bond donors (Lipinski definition) is 1. The molecule has 1 aromatic rings. The lowest BCUT2D eigenvalue weighted by Crippen LogP contribution is -2.37. The van der Waals surface area contributed by atoms with Crippen LogP contribution in [0.3, 0.4) is 0 Å². The summed E-state index contributed by atoms with van der Waals surface area (Å²) in [6.07, 6.45) is 1.18. The van der Waals surface area contributed by atoms with Crippen molar-refractivity contribution in [3.63, 3.8) is 0 Å². The third-order valence-corrected chi connectivity index (χ3v) is 4.83. The van der Waals surface area contributed by atoms with E-state index in [0.717, 1.165) is 24.4 Å². The number of benzene rings is 1. The van der Waals surface area contributed by atoms with Crippen LogP contribution >= 0.6 is 11.8 Å². The molecule has 1 aromatic carbocycles. The second kappa shape index (κ2) is 7.68. The Kier molecular flexibility index (Phi) is 5.90. The van der Waals surface area contributed by atoms with Crippen LogP contribution in [-0.2, 0) is 6.54 Å². The van der Waals surface area contributed by atoms with E-state index in [4.69, 9.17) is 5.73 Å². The molecule has 4 heteroatoms. The lowest BCUT2D eigenvalue weighted by atomic mass is 10.1. The van der Waals surface area contributed by atoms with Gasteiger partial charge < -0.3 is 5.73 Å². The molecule has 0 radical (unpaired) electrons. The van der Waals surface area contributed by atoms with E-state index in [1.165, 1.54) is 12.5 Å². The molecular weight excluding hydrogens is 271 g/mol. The van der Waals surface area contributed by atoms with E-state index in [1.54, 1.807) is 0 Å². The first-order chi connectivity index (χ1) is 9.72. The summed E-state index contributed by atoms with van der Waals surface area (Å²) in [5, 5.41) is 0.682. The zero-order valence-corrected chi connectivity index (χ0v) is 12.7. The Bertz CT molecular complexity index is 507. The van der Waals surface area contributed by atoms with E-state index in [0.29, 0.717) is 23.9 Å². The van der Waals surface area contributed by atoms with Gasteiger partial charge in [0.1, 0.15) is 5.82 Å². The van der Waals surface area contributed by atoms with Crippen LogP contribution in [0.1, 0.15) is 24.5 Å². The summed E-state index contributed by atoms with van der Waals surface area (Å²) in [7, 11) is 0. The van der Waals surface area contributed by atoms with Gasteiger partial charge in [0.05, 0.1) is 6.54 Å². The number of nitrogens with two attached hydrogens (primary N) is 1. The van der Waals surface area contributed by atoms with Crippen LogP contribution in [0.2, 0.25) is 0 Å². The van der Waals surface area contributed by atoms with E-state index < -0.39 is 0 Å². The topological polar surface area (TPSA) is 29.3 Å². The van der Waals surface area contributed by atoms with Gasteiger partial charge in [-0.25, -0.2) is 4.39 Å². The van der Waals surface area contributed by atoms with Crippen LogP contribution in [0.25, 0.3) is 0 Å². The van der Waals surface area contributed by atoms with Crippen molar-refractivity contribution in [2.24, 2.45) is 5.73 Å². The minimum absolute atomic E-state index is 0.167. The molecule has 1 aliphatic rings. The highest BCUT2D eigenvalue weighted by molar-refractivity contribution is 8.00. The van der Waals surface area contributed by atoms with Crippen LogP contribution in [0, 0.1) is 17.7 Å². The molecule has 0 bridgehead atoms. The van der Waals surface area contributed by atoms with Crippen molar-refractivity contribution in [1.29, 1.82) is 0 Å². The summed E-state index contributed by atoms with van der Waals surface area (Å²) in [5.74, 6) is 6.58. The van der Waals surface area contributed by atoms with Crippen LogP contribution in [0.5, 0.6) is 0 Å². The Hall–Kier alpha value is -1.02. The predicted octanol–water partition coefficient (Wildman–Crippen LogP) is 2.46. The summed E-state index contributed by atoms with van der Waals surface area (Å²) >= 11 is 2.03. The van der Waals surface area contributed by atoms with Crippen LogP contribution in [0.4, 0.5) is 4.39 Å². The maximum atomic E-state index is 14.1. The van der Waals surface area contributed by atoms with Crippen molar-refractivity contribution < 1.29 is 4.39 Å². The quantitative estimate of drug-likeness (QED) is 0.868. The van der Waals surface area contributed by atoms with E-state index in [1.807, 2.05) is 23.9 Å². The molecular formula is C16H21FN2S. The maximum Gasteiger partial charge on any atom is 0.128 e. The van der Waals surface area contributed by atoms with Gasteiger partial charge in [0.2, 0.25) is 0 Å². The summed E-state index contributed by atoms with van der Waals surface area (Å²) in [6.45, 7) is 5.29. The minimum atomic E-state index is -0.167. The first kappa shape index (κ1) is 15.4. The first-order valence-corrected chi connectivity index (χ1v) is 8.09. The highest BCUT2D eigenvalue weighted by atomic mass is 32.2. The average molecular weight is 292 g/mol. The van der Waals surface area contributed by atoms with Crippen molar-refractivity contribution in [3.05, 3.63) is 35.1 Å². The number of hydrogen-bond acceptors (Lipinski definition) is 3. The third kappa shape index (κ3) is 4.24. The maximum absolute atomic E-state index is 14.1. The van der Waals surface area contributed by atoms with Crippen molar-refractivity contribution >= 4 is 11.8 Å². The number of thioether (sulfide) groups is 1. The first-order valence-electron chi connectivity index (χ1n) is 7.04. The van der Waals surface area contributed by atoms with E-state index in [-0.39, 0.29) is 5.82 Å². The molecule has 1 heterocycles. The predicted molar refractivity (Wildman–Crippen MR) is 84.1 cm³/mol. The van der Waals surface area contributed by atoms with Gasteiger partial charge in [0.15, 0.2) is 0 Å². The second-order valence-electron chi connectivity index (χ2n) is 4.95. The van der Waals surface area contributed by atoms with Gasteiger partial charge in [-0.3, -0.25) is 4.90 Å². The Morgan fingerprint density at radius 1 is 1.50 bits per heavy atom. The third-order valence-electron chi connectivity index (χ3n) is 3.46. The molecule has 1 saturated heterocycles. The molecule has 1 unspecified atom stereocenters. The molecule has 0 aromatic heterocycles. The lowest BCUT2D eigenvalue weighted by Gasteiger charge is -2.31. The van der Waals surface area contributed by atoms with Crippen molar-refractivity contribution in [2.75, 3.05) is 25.4 Å². The lowest BCUT2D eigenvalue weighted by molar-refractivity contribution is 0.269. The van der Waals surface area contributed by atoms with Crippen molar-refractivity contribution in [2.45, 2.75) is 25.1 Å². The van der Waals surface area contributed by atoms with Gasteiger partial charge in [0, 0.05) is 41.8 Å². The van der Waals surface area contributed by atoms with E-state index in [2.05, 4.69) is 23.7 Å². The molecule has 1 aliphatic heterocycles. The molecule has 2 N–H and O–H groups in total. The molecule has 2 nitrogen and oxygen atoms in total. The molecule has 1 fully saturated rings. The molecule has 1 atom stereocenters. The molecule has 0 spiro atoms. The summed E-state index contributed by atoms with van der Waals surface area (Å²) in [5.41, 5.74) is 6.76. The highest BCUT2D eigenvalue weighted by Gasteiger charge is 2.19. The zero-order valence-electron chi connectivity index (χ0n) is 11.9. The fourth-order valence-electron chi connectivity index (χ4n) is 2.32. The summed E-state index contributed by atoms with van der Waals surface area (Å²) < 4.78 is 14.1. The normalized spacial score (nSPS) is 19.4. The van der Waals surface area contributed by atoms with Crippen LogP contribution < -0.4 is 5.73 Å². The SMILES string of the molecule is CCC1CN(Cc2ccc(C#CCN)cc2F)CCS1. The smallest absolute Gasteiger partial charge is 0.128 e. The largest absolute Gasteiger partial charge is 0.320 e. The van der Waals surface area contributed by atoms with Crippen molar-refractivity contribution in [1.82, 2.24) is 4.90 Å². The monoisotopic (exact) mass is 292 g/mol. The van der Waals surface area contributed by atoms with Gasteiger partial charge in [-0.05, 0) is 18.6 Å². The molecule has 2 rings (SSSR count). The molecule has 0 saturated carbocycles. The number of nitrogens with zero attached hydrogens (tertiary/aromatic N) is 1. The minimum Gasteiger partial charge on any atom is -0.320 e. The summed E-state index contributed by atoms with van der Waals surface area (Å²) in [6, 6.07) is 5.23. The van der Waals surface area contributed by atoms with Gasteiger partial charge in [0.25, 0.3) is 0 Å². The van der Waals surface area contributed by atoms with Gasteiger partial charge in [-0.1, -0.05) is 24.8 Å². The zero-order chi connectivity index (χ0) is 14.4. The Morgan fingerprint density at radius 3 is 3.05 bits per heavy atom. The standard InChI is InChI=1S/C16H21FN2S/c1-2-15-12-19(8-9-20-15)11-14-6-5-13(4-3-7-18)10-16(14)17/h5-6,10,15H,2,7-9,11-12,18H2,1H3. The fourth-order valence-corrected chi connectivity index (χ4v) is 3.57. The molecule has 0 amide bonds. The molecule has 20 heavy (non-hydrogen) atoms. The van der Waals surface area contributed by atoms with Crippen LogP contribution in [-0.4, -0.2) is 35.5 Å². The summed E-state index contributed by atoms with van der Waals surface area (Å²) in [4.78, 5) is 2.34. The highest BCUT2D eigenvalue weighted by Crippen LogP contribution is 2.23. The Labute approximate surface area is 124 Å². The second-order valence-corrected chi connectivity index (χ2v) is 6.36. The van der Waals surface area contributed by atoms with E-state index >= 15 is 0 Å². The van der Waals surface area contributed by atoms with Gasteiger partial charge >= 0.3 is 0 Å². The molecule has 108 valence electrons. The van der Waals surface area contributed by atoms with Gasteiger partial charge in [-0.15, -0.1) is 0 Å². The molecule has 0 aliphatic carbocycles. The van der Waals surface area contributed by atoms with Gasteiger partial charge in [-0.2, -0.15) is 11.8 Å². The van der Waals surface area contributed by atoms with Crippen molar-refractivity contribution in [3.8, 4) is 11.8 Å². The fraction of sp³-hybridized carbons (Fsp3) is 0.500. The Morgan fingerprint density at radius 2 is 2.35 bits per heavy atom. The number of halogens is 1. The van der Waals surface area contributed by atoms with E-state index in [9.17, 15) is 4.39 Å². The average Bonchev–Trinajstić information content (AvgIpc) is 2.48. The Balaban J connectivity index is 2.02.